The highest BCUT2D eigenvalue weighted by Crippen LogP contribution is 2.28. The van der Waals surface area contributed by atoms with Crippen molar-refractivity contribution in [2.24, 2.45) is 0 Å². The molecule has 0 saturated carbocycles. The van der Waals surface area contributed by atoms with Crippen LogP contribution in [0.25, 0.3) is 23.0 Å². The van der Waals surface area contributed by atoms with Crippen LogP contribution in [0.4, 0.5) is 10.1 Å². The van der Waals surface area contributed by atoms with Gasteiger partial charge in [-0.05, 0) is 66.9 Å². The largest absolute Gasteiger partial charge is 0.309 e. The number of carbonyl (C=O) groups is 1. The van der Waals surface area contributed by atoms with Gasteiger partial charge in [-0.15, -0.1) is 0 Å². The fourth-order valence-corrected chi connectivity index (χ4v) is 4.07. The second-order valence-electron chi connectivity index (χ2n) is 7.78. The number of anilines is 1. The Morgan fingerprint density at radius 3 is 2.50 bits per heavy atom. The lowest BCUT2D eigenvalue weighted by Crippen LogP contribution is -2.34. The van der Waals surface area contributed by atoms with E-state index in [0.717, 1.165) is 35.3 Å². The summed E-state index contributed by atoms with van der Waals surface area (Å²) in [5.74, 6) is -0.359. The predicted octanol–water partition coefficient (Wildman–Crippen LogP) is 5.67. The molecule has 1 aliphatic heterocycles. The molecule has 2 heterocycles. The number of rotatable bonds is 4. The first kappa shape index (κ1) is 19.9. The quantitative estimate of drug-likeness (QED) is 0.397. The second kappa shape index (κ2) is 8.63. The van der Waals surface area contributed by atoms with Crippen LogP contribution in [0.2, 0.25) is 0 Å². The minimum absolute atomic E-state index is 0.0605. The first-order valence-electron chi connectivity index (χ1n) is 10.7. The van der Waals surface area contributed by atoms with Crippen molar-refractivity contribution in [2.45, 2.75) is 12.8 Å². The molecule has 0 aliphatic carbocycles. The Hall–Kier alpha value is -3.99. The molecule has 1 amide bonds. The van der Waals surface area contributed by atoms with Crippen molar-refractivity contribution in [3.63, 3.8) is 0 Å². The molecule has 4 aromatic rings. The summed E-state index contributed by atoms with van der Waals surface area (Å²) in [5, 5.41) is 4.72. The van der Waals surface area contributed by atoms with Gasteiger partial charge in [0.05, 0.1) is 11.4 Å². The number of halogens is 1. The number of amides is 1. The van der Waals surface area contributed by atoms with Gasteiger partial charge in [-0.25, -0.2) is 9.07 Å². The van der Waals surface area contributed by atoms with Crippen molar-refractivity contribution in [2.75, 3.05) is 11.4 Å². The number of aryl methyl sites for hydroxylation is 1. The molecule has 4 nitrogen and oxygen atoms in total. The van der Waals surface area contributed by atoms with Crippen molar-refractivity contribution in [3.8, 4) is 16.9 Å². The maximum Gasteiger partial charge on any atom is 0.250 e. The van der Waals surface area contributed by atoms with Crippen molar-refractivity contribution in [1.82, 2.24) is 9.78 Å². The fourth-order valence-electron chi connectivity index (χ4n) is 4.07. The third kappa shape index (κ3) is 3.97. The van der Waals surface area contributed by atoms with Crippen LogP contribution in [0.1, 0.15) is 17.5 Å². The smallest absolute Gasteiger partial charge is 0.250 e. The van der Waals surface area contributed by atoms with E-state index in [1.165, 1.54) is 17.7 Å². The van der Waals surface area contributed by atoms with E-state index in [-0.39, 0.29) is 11.7 Å². The lowest BCUT2D eigenvalue weighted by atomic mass is 10.0. The Morgan fingerprint density at radius 2 is 1.69 bits per heavy atom. The van der Waals surface area contributed by atoms with Crippen molar-refractivity contribution < 1.29 is 9.18 Å². The molecule has 0 spiro atoms. The van der Waals surface area contributed by atoms with Gasteiger partial charge in [-0.1, -0.05) is 36.4 Å². The van der Waals surface area contributed by atoms with Gasteiger partial charge >= 0.3 is 0 Å². The molecule has 32 heavy (non-hydrogen) atoms. The van der Waals surface area contributed by atoms with Gasteiger partial charge in [0.1, 0.15) is 5.82 Å². The van der Waals surface area contributed by atoms with Crippen LogP contribution in [-0.2, 0) is 11.2 Å². The van der Waals surface area contributed by atoms with Crippen molar-refractivity contribution >= 4 is 17.7 Å². The Labute approximate surface area is 186 Å². The standard InChI is InChI=1S/C27H22FN3O/c28-23-15-12-21(13-16-23)27-22(19-31(29-27)24-9-2-1-3-10-24)14-17-26(32)30-18-6-8-20-7-4-5-11-25(20)30/h1-5,7,9-17,19H,6,8,18H2/b17-14+. The fraction of sp³-hybridized carbons (Fsp3) is 0.111. The minimum Gasteiger partial charge on any atom is -0.309 e. The van der Waals surface area contributed by atoms with Crippen molar-refractivity contribution in [1.29, 1.82) is 0 Å². The zero-order valence-electron chi connectivity index (χ0n) is 17.5. The summed E-state index contributed by atoms with van der Waals surface area (Å²) in [6, 6.07) is 24.1. The summed E-state index contributed by atoms with van der Waals surface area (Å²) >= 11 is 0. The normalized spacial score (nSPS) is 13.3. The highest BCUT2D eigenvalue weighted by molar-refractivity contribution is 6.04. The van der Waals surface area contributed by atoms with Gasteiger partial charge in [0.25, 0.3) is 5.91 Å². The summed E-state index contributed by atoms with van der Waals surface area (Å²) in [6.07, 6.45) is 7.22. The Balaban J connectivity index is 1.50. The van der Waals surface area contributed by atoms with E-state index in [1.54, 1.807) is 29.0 Å². The minimum atomic E-state index is -0.299. The summed E-state index contributed by atoms with van der Waals surface area (Å²) in [5.41, 5.74) is 5.36. The third-order valence-electron chi connectivity index (χ3n) is 5.66. The maximum absolute atomic E-state index is 13.5. The lowest BCUT2D eigenvalue weighted by molar-refractivity contribution is -0.114. The van der Waals surface area contributed by atoms with Crippen LogP contribution < -0.4 is 4.90 Å². The summed E-state index contributed by atoms with van der Waals surface area (Å²) in [6.45, 7) is 0.703. The predicted molar refractivity (Wildman–Crippen MR) is 125 cm³/mol. The third-order valence-corrected chi connectivity index (χ3v) is 5.66. The number of nitrogens with zero attached hydrogens (tertiary/aromatic N) is 3. The molecule has 0 unspecified atom stereocenters. The van der Waals surface area contributed by atoms with Crippen LogP contribution in [-0.4, -0.2) is 22.2 Å². The Kier molecular flexibility index (Phi) is 5.38. The first-order chi connectivity index (χ1) is 15.7. The molecule has 0 bridgehead atoms. The molecule has 0 saturated heterocycles. The molecule has 0 fully saturated rings. The number of carbonyl (C=O) groups excluding carboxylic acids is 1. The zero-order chi connectivity index (χ0) is 21.9. The lowest BCUT2D eigenvalue weighted by Gasteiger charge is -2.28. The number of hydrogen-bond donors (Lipinski definition) is 0. The van der Waals surface area contributed by atoms with Crippen LogP contribution in [0.3, 0.4) is 0 Å². The highest BCUT2D eigenvalue weighted by atomic mass is 19.1. The molecule has 0 radical (unpaired) electrons. The van der Waals surface area contributed by atoms with Crippen LogP contribution >= 0.6 is 0 Å². The zero-order valence-corrected chi connectivity index (χ0v) is 17.5. The molecule has 0 N–H and O–H groups in total. The first-order valence-corrected chi connectivity index (χ1v) is 10.7. The van der Waals surface area contributed by atoms with Gasteiger partial charge in [-0.3, -0.25) is 4.79 Å². The summed E-state index contributed by atoms with van der Waals surface area (Å²) in [4.78, 5) is 14.9. The molecule has 0 atom stereocenters. The van der Waals surface area contributed by atoms with E-state index in [2.05, 4.69) is 6.07 Å². The van der Waals surface area contributed by atoms with E-state index in [4.69, 9.17) is 5.10 Å². The van der Waals surface area contributed by atoms with E-state index >= 15 is 0 Å². The maximum atomic E-state index is 13.5. The highest BCUT2D eigenvalue weighted by Gasteiger charge is 2.20. The van der Waals surface area contributed by atoms with Crippen LogP contribution in [0.5, 0.6) is 0 Å². The summed E-state index contributed by atoms with van der Waals surface area (Å²) < 4.78 is 15.2. The molecule has 1 aromatic heterocycles. The topological polar surface area (TPSA) is 38.1 Å². The average molecular weight is 423 g/mol. The van der Waals surface area contributed by atoms with Gasteiger partial charge in [0.2, 0.25) is 0 Å². The van der Waals surface area contributed by atoms with Gasteiger partial charge in [0.15, 0.2) is 0 Å². The number of hydrogen-bond acceptors (Lipinski definition) is 2. The summed E-state index contributed by atoms with van der Waals surface area (Å²) in [7, 11) is 0. The van der Waals surface area contributed by atoms with E-state index in [9.17, 15) is 9.18 Å². The second-order valence-corrected chi connectivity index (χ2v) is 7.78. The molecule has 3 aromatic carbocycles. The van der Waals surface area contributed by atoms with E-state index < -0.39 is 0 Å². The SMILES string of the molecule is O=C(/C=C/c1cn(-c2ccccc2)nc1-c1ccc(F)cc1)N1CCCc2ccccc21. The number of benzene rings is 3. The molecule has 1 aliphatic rings. The molecular weight excluding hydrogens is 401 g/mol. The van der Waals surface area contributed by atoms with Gasteiger partial charge < -0.3 is 4.90 Å². The van der Waals surface area contributed by atoms with Crippen LogP contribution in [0, 0.1) is 5.82 Å². The number of fused-ring (bicyclic) bond motifs is 1. The number of para-hydroxylation sites is 2. The molecular formula is C27H22FN3O. The van der Waals surface area contributed by atoms with Crippen LogP contribution in [0.15, 0.2) is 91.1 Å². The van der Waals surface area contributed by atoms with Gasteiger partial charge in [0, 0.05) is 35.6 Å². The van der Waals surface area contributed by atoms with E-state index in [0.29, 0.717) is 12.2 Å². The number of aromatic nitrogens is 2. The monoisotopic (exact) mass is 423 g/mol. The van der Waals surface area contributed by atoms with E-state index in [1.807, 2.05) is 59.6 Å². The average Bonchev–Trinajstić information content (AvgIpc) is 3.27. The Morgan fingerprint density at radius 1 is 0.938 bits per heavy atom. The molecule has 5 heteroatoms. The van der Waals surface area contributed by atoms with Gasteiger partial charge in [-0.2, -0.15) is 5.10 Å². The Bertz CT molecular complexity index is 1280. The molecule has 5 rings (SSSR count). The molecule has 158 valence electrons. The van der Waals surface area contributed by atoms with Crippen molar-refractivity contribution in [3.05, 3.63) is 108 Å².